The van der Waals surface area contributed by atoms with E-state index in [-0.39, 0.29) is 24.8 Å². The lowest BCUT2D eigenvalue weighted by Gasteiger charge is -2.26. The van der Waals surface area contributed by atoms with Crippen LogP contribution in [0.1, 0.15) is 36.4 Å². The number of hydrogen-bond acceptors (Lipinski definition) is 6. The molecule has 1 aliphatic rings. The molecule has 3 aromatic rings. The van der Waals surface area contributed by atoms with E-state index in [1.165, 1.54) is 0 Å². The summed E-state index contributed by atoms with van der Waals surface area (Å²) in [5.41, 5.74) is 0.631. The minimum absolute atomic E-state index is 0.0675. The Kier molecular flexibility index (Phi) is 5.05. The van der Waals surface area contributed by atoms with Crippen LogP contribution in [-0.4, -0.2) is 44.2 Å². The highest BCUT2D eigenvalue weighted by Gasteiger charge is 2.30. The third kappa shape index (κ3) is 3.52. The SMILES string of the molecule is Cc1ncc(CCN2CCCC2c2nc3ccccc3c(=O)n2CCO)o1. The largest absolute Gasteiger partial charge is 0.446 e. The molecule has 7 heteroatoms. The quantitative estimate of drug-likeness (QED) is 0.717. The van der Waals surface area contributed by atoms with Gasteiger partial charge in [-0.05, 0) is 31.5 Å². The lowest BCUT2D eigenvalue weighted by Crippen LogP contribution is -2.33. The summed E-state index contributed by atoms with van der Waals surface area (Å²) in [6.45, 7) is 3.80. The van der Waals surface area contributed by atoms with Crippen molar-refractivity contribution in [3.8, 4) is 0 Å². The van der Waals surface area contributed by atoms with Gasteiger partial charge in [-0.25, -0.2) is 9.97 Å². The van der Waals surface area contributed by atoms with Crippen LogP contribution in [0.2, 0.25) is 0 Å². The number of para-hydroxylation sites is 1. The van der Waals surface area contributed by atoms with Gasteiger partial charge in [0.2, 0.25) is 0 Å². The zero-order valence-electron chi connectivity index (χ0n) is 15.5. The molecule has 0 spiro atoms. The van der Waals surface area contributed by atoms with E-state index in [0.717, 1.165) is 43.9 Å². The Morgan fingerprint density at radius 1 is 1.30 bits per heavy atom. The van der Waals surface area contributed by atoms with E-state index in [0.29, 0.717) is 16.8 Å². The molecule has 0 bridgehead atoms. The molecule has 1 atom stereocenters. The molecule has 0 saturated carbocycles. The highest BCUT2D eigenvalue weighted by atomic mass is 16.4. The second kappa shape index (κ2) is 7.62. The molecule has 1 N–H and O–H groups in total. The molecule has 1 fully saturated rings. The number of fused-ring (bicyclic) bond motifs is 1. The van der Waals surface area contributed by atoms with E-state index in [4.69, 9.17) is 9.40 Å². The molecule has 1 unspecified atom stereocenters. The third-order valence-corrected chi connectivity index (χ3v) is 5.19. The summed E-state index contributed by atoms with van der Waals surface area (Å²) in [5, 5.41) is 10.1. The molecule has 0 amide bonds. The lowest BCUT2D eigenvalue weighted by atomic mass is 10.1. The Balaban J connectivity index is 1.66. The zero-order chi connectivity index (χ0) is 18.8. The fourth-order valence-corrected chi connectivity index (χ4v) is 3.92. The number of nitrogens with zero attached hydrogens (tertiary/aromatic N) is 4. The summed E-state index contributed by atoms with van der Waals surface area (Å²) in [4.78, 5) is 24.3. The molecule has 1 aliphatic heterocycles. The fourth-order valence-electron chi connectivity index (χ4n) is 3.92. The molecular weight excluding hydrogens is 344 g/mol. The minimum Gasteiger partial charge on any atom is -0.446 e. The van der Waals surface area contributed by atoms with Gasteiger partial charge < -0.3 is 9.52 Å². The molecule has 0 aliphatic carbocycles. The summed E-state index contributed by atoms with van der Waals surface area (Å²) in [6, 6.07) is 7.47. The normalized spacial score (nSPS) is 17.8. The topological polar surface area (TPSA) is 84.4 Å². The molecule has 27 heavy (non-hydrogen) atoms. The van der Waals surface area contributed by atoms with Crippen LogP contribution in [0.25, 0.3) is 10.9 Å². The van der Waals surface area contributed by atoms with Crippen molar-refractivity contribution in [3.63, 3.8) is 0 Å². The first-order valence-corrected chi connectivity index (χ1v) is 9.43. The van der Waals surface area contributed by atoms with Crippen molar-refractivity contribution in [2.75, 3.05) is 19.7 Å². The summed E-state index contributed by atoms with van der Waals surface area (Å²) in [6.07, 6.45) is 4.55. The average molecular weight is 368 g/mol. The van der Waals surface area contributed by atoms with Crippen LogP contribution in [-0.2, 0) is 13.0 Å². The highest BCUT2D eigenvalue weighted by Crippen LogP contribution is 2.31. The number of aromatic nitrogens is 3. The maximum atomic E-state index is 13.0. The molecule has 0 radical (unpaired) electrons. The number of oxazole rings is 1. The zero-order valence-corrected chi connectivity index (χ0v) is 15.5. The monoisotopic (exact) mass is 368 g/mol. The van der Waals surface area contributed by atoms with Gasteiger partial charge in [-0.3, -0.25) is 14.3 Å². The second-order valence-corrected chi connectivity index (χ2v) is 6.96. The van der Waals surface area contributed by atoms with E-state index in [1.54, 1.807) is 16.8 Å². The fraction of sp³-hybridized carbons (Fsp3) is 0.450. The Labute approximate surface area is 157 Å². The third-order valence-electron chi connectivity index (χ3n) is 5.19. The number of rotatable bonds is 6. The molecule has 1 aromatic carbocycles. The molecule has 4 rings (SSSR count). The van der Waals surface area contributed by atoms with Gasteiger partial charge in [0, 0.05) is 19.9 Å². The first-order chi connectivity index (χ1) is 13.2. The van der Waals surface area contributed by atoms with E-state index in [1.807, 2.05) is 25.1 Å². The van der Waals surface area contributed by atoms with Crippen molar-refractivity contribution in [1.82, 2.24) is 19.4 Å². The van der Waals surface area contributed by atoms with E-state index in [2.05, 4.69) is 9.88 Å². The van der Waals surface area contributed by atoms with Crippen LogP contribution >= 0.6 is 0 Å². The number of aliphatic hydroxyl groups is 1. The van der Waals surface area contributed by atoms with Gasteiger partial charge in [0.25, 0.3) is 5.56 Å². The van der Waals surface area contributed by atoms with Gasteiger partial charge in [-0.1, -0.05) is 12.1 Å². The van der Waals surface area contributed by atoms with Gasteiger partial charge in [0.1, 0.15) is 11.6 Å². The van der Waals surface area contributed by atoms with Crippen molar-refractivity contribution in [1.29, 1.82) is 0 Å². The Bertz CT molecular complexity index is 994. The first kappa shape index (κ1) is 17.9. The lowest BCUT2D eigenvalue weighted by molar-refractivity contribution is 0.228. The molecule has 7 nitrogen and oxygen atoms in total. The van der Waals surface area contributed by atoms with Gasteiger partial charge in [-0.2, -0.15) is 0 Å². The number of aryl methyl sites for hydroxylation is 1. The Morgan fingerprint density at radius 2 is 2.15 bits per heavy atom. The van der Waals surface area contributed by atoms with E-state index in [9.17, 15) is 9.90 Å². The van der Waals surface area contributed by atoms with Crippen molar-refractivity contribution in [3.05, 3.63) is 58.3 Å². The van der Waals surface area contributed by atoms with E-state index >= 15 is 0 Å². The average Bonchev–Trinajstić information content (AvgIpc) is 3.31. The van der Waals surface area contributed by atoms with Gasteiger partial charge in [-0.15, -0.1) is 0 Å². The van der Waals surface area contributed by atoms with Crippen LogP contribution < -0.4 is 5.56 Å². The summed E-state index contributed by atoms with van der Waals surface area (Å²) in [5.74, 6) is 2.30. The first-order valence-electron chi connectivity index (χ1n) is 9.43. The molecular formula is C20H24N4O3. The maximum absolute atomic E-state index is 13.0. The van der Waals surface area contributed by atoms with Crippen LogP contribution in [0.5, 0.6) is 0 Å². The van der Waals surface area contributed by atoms with Gasteiger partial charge in [0.15, 0.2) is 5.89 Å². The molecule has 2 aromatic heterocycles. The summed E-state index contributed by atoms with van der Waals surface area (Å²) < 4.78 is 7.22. The summed E-state index contributed by atoms with van der Waals surface area (Å²) >= 11 is 0. The number of benzene rings is 1. The second-order valence-electron chi connectivity index (χ2n) is 6.96. The van der Waals surface area contributed by atoms with Gasteiger partial charge in [0.05, 0.1) is 36.3 Å². The summed E-state index contributed by atoms with van der Waals surface area (Å²) in [7, 11) is 0. The maximum Gasteiger partial charge on any atom is 0.261 e. The molecule has 1 saturated heterocycles. The standard InChI is InChI=1S/C20H24N4O3/c1-14-21-13-15(27-14)8-10-23-9-4-7-18(23)19-22-17-6-3-2-5-16(17)20(26)24(19)11-12-25/h2-3,5-6,13,18,25H,4,7-12H2,1H3. The number of hydrogen-bond donors (Lipinski definition) is 1. The molecule has 142 valence electrons. The van der Waals surface area contributed by atoms with Crippen molar-refractivity contribution >= 4 is 10.9 Å². The predicted octanol–water partition coefficient (Wildman–Crippen LogP) is 2.06. The van der Waals surface area contributed by atoms with Crippen molar-refractivity contribution < 1.29 is 9.52 Å². The van der Waals surface area contributed by atoms with Crippen LogP contribution in [0.4, 0.5) is 0 Å². The predicted molar refractivity (Wildman–Crippen MR) is 102 cm³/mol. The van der Waals surface area contributed by atoms with Crippen LogP contribution in [0.15, 0.2) is 39.7 Å². The Morgan fingerprint density at radius 3 is 2.93 bits per heavy atom. The number of likely N-dealkylation sites (tertiary alicyclic amines) is 1. The molecule has 3 heterocycles. The van der Waals surface area contributed by atoms with Crippen molar-refractivity contribution in [2.45, 2.75) is 38.8 Å². The number of aliphatic hydroxyl groups excluding tert-OH is 1. The van der Waals surface area contributed by atoms with Gasteiger partial charge >= 0.3 is 0 Å². The highest BCUT2D eigenvalue weighted by molar-refractivity contribution is 5.77. The van der Waals surface area contributed by atoms with Crippen LogP contribution in [0, 0.1) is 6.92 Å². The Hall–Kier alpha value is -2.51. The van der Waals surface area contributed by atoms with E-state index < -0.39 is 0 Å². The minimum atomic E-state index is -0.0863. The smallest absolute Gasteiger partial charge is 0.261 e. The van der Waals surface area contributed by atoms with Crippen LogP contribution in [0.3, 0.4) is 0 Å². The van der Waals surface area contributed by atoms with Crippen molar-refractivity contribution in [2.24, 2.45) is 0 Å².